The fourth-order valence-corrected chi connectivity index (χ4v) is 4.61. The van der Waals surface area contributed by atoms with Gasteiger partial charge in [-0.25, -0.2) is 0 Å². The van der Waals surface area contributed by atoms with E-state index in [4.69, 9.17) is 17.0 Å². The third-order valence-corrected chi connectivity index (χ3v) is 6.36. The van der Waals surface area contributed by atoms with Crippen LogP contribution in [0, 0.1) is 4.77 Å². The summed E-state index contributed by atoms with van der Waals surface area (Å²) >= 11 is 5.40. The van der Waals surface area contributed by atoms with Crippen LogP contribution in [0.25, 0.3) is 10.9 Å². The van der Waals surface area contributed by atoms with Gasteiger partial charge in [-0.2, -0.15) is 0 Å². The topological polar surface area (TPSA) is 79.4 Å². The van der Waals surface area contributed by atoms with E-state index in [-0.39, 0.29) is 17.6 Å². The summed E-state index contributed by atoms with van der Waals surface area (Å²) in [6.45, 7) is 5.20. The minimum atomic E-state index is -0.141. The van der Waals surface area contributed by atoms with Crippen molar-refractivity contribution in [3.63, 3.8) is 0 Å². The van der Waals surface area contributed by atoms with Gasteiger partial charge in [-0.05, 0) is 82.2 Å². The van der Waals surface area contributed by atoms with Crippen molar-refractivity contribution in [2.24, 2.45) is 0 Å². The summed E-state index contributed by atoms with van der Waals surface area (Å²) in [6.07, 6.45) is 6.81. The molecule has 1 aromatic heterocycles. The summed E-state index contributed by atoms with van der Waals surface area (Å²) in [5, 5.41) is 3.52. The lowest BCUT2D eigenvalue weighted by atomic mass is 10.1. The second kappa shape index (κ2) is 9.85. The number of fused-ring (bicyclic) bond motifs is 1. The van der Waals surface area contributed by atoms with E-state index in [2.05, 4.69) is 15.2 Å². The third-order valence-electron chi connectivity index (χ3n) is 6.04. The van der Waals surface area contributed by atoms with Crippen molar-refractivity contribution < 1.29 is 9.53 Å². The zero-order valence-electron chi connectivity index (χ0n) is 17.3. The number of nitrogens with zero attached hydrogens (tertiary/aromatic N) is 2. The first kappa shape index (κ1) is 21.2. The van der Waals surface area contributed by atoms with Crippen LogP contribution in [0.1, 0.15) is 48.9 Å². The number of hydrogen-bond donors (Lipinski definition) is 2. The molecule has 0 spiro atoms. The molecule has 4 rings (SSSR count). The fourth-order valence-electron chi connectivity index (χ4n) is 4.34. The molecular formula is C22H30N4O3S. The number of amides is 1. The molecule has 2 aromatic rings. The summed E-state index contributed by atoms with van der Waals surface area (Å²) < 4.78 is 7.57. The number of rotatable bonds is 7. The van der Waals surface area contributed by atoms with Crippen LogP contribution in [0.15, 0.2) is 23.0 Å². The van der Waals surface area contributed by atoms with Gasteiger partial charge in [-0.15, -0.1) is 0 Å². The zero-order valence-corrected chi connectivity index (χ0v) is 18.1. The van der Waals surface area contributed by atoms with Gasteiger partial charge in [-0.1, -0.05) is 6.42 Å². The molecule has 1 amide bonds. The first-order valence-electron chi connectivity index (χ1n) is 11.0. The molecule has 2 aliphatic rings. The van der Waals surface area contributed by atoms with Crippen LogP contribution in [-0.4, -0.2) is 59.2 Å². The van der Waals surface area contributed by atoms with Crippen molar-refractivity contribution in [1.82, 2.24) is 19.8 Å². The Bertz CT molecular complexity index is 1000. The van der Waals surface area contributed by atoms with Gasteiger partial charge in [0.15, 0.2) is 4.77 Å². The van der Waals surface area contributed by atoms with Gasteiger partial charge in [0.05, 0.1) is 23.6 Å². The van der Waals surface area contributed by atoms with E-state index in [1.807, 2.05) is 0 Å². The molecule has 162 valence electrons. The van der Waals surface area contributed by atoms with Crippen molar-refractivity contribution in [3.05, 3.63) is 38.9 Å². The quantitative estimate of drug-likeness (QED) is 0.522. The van der Waals surface area contributed by atoms with Crippen LogP contribution >= 0.6 is 12.2 Å². The van der Waals surface area contributed by atoms with Crippen molar-refractivity contribution in [2.45, 2.75) is 51.2 Å². The third kappa shape index (κ3) is 4.99. The summed E-state index contributed by atoms with van der Waals surface area (Å²) in [5.74, 6) is -0.126. The Hall–Kier alpha value is -2.03. The molecule has 0 unspecified atom stereocenters. The molecular weight excluding hydrogens is 400 g/mol. The number of nitrogens with one attached hydrogen (secondary N) is 2. The Balaban J connectivity index is 1.40. The Morgan fingerprint density at radius 3 is 2.83 bits per heavy atom. The number of piperidine rings is 1. The van der Waals surface area contributed by atoms with Gasteiger partial charge in [0.1, 0.15) is 0 Å². The van der Waals surface area contributed by atoms with E-state index in [0.717, 1.165) is 32.4 Å². The number of H-pyrrole nitrogens is 1. The van der Waals surface area contributed by atoms with Crippen LogP contribution in [0.5, 0.6) is 0 Å². The Morgan fingerprint density at radius 2 is 2.07 bits per heavy atom. The first-order chi connectivity index (χ1) is 14.6. The van der Waals surface area contributed by atoms with Crippen molar-refractivity contribution in [3.8, 4) is 0 Å². The fraction of sp³-hybridized carbons (Fsp3) is 0.591. The SMILES string of the molecule is O=C(NCCCN1CCCCC1)c1ccc2c(=O)n(C[C@@H]3CCCO3)c(=S)[nH]c2c1. The Labute approximate surface area is 181 Å². The average molecular weight is 431 g/mol. The van der Waals surface area contributed by atoms with Crippen LogP contribution in [-0.2, 0) is 11.3 Å². The Morgan fingerprint density at radius 1 is 1.23 bits per heavy atom. The lowest BCUT2D eigenvalue weighted by molar-refractivity contribution is 0.0950. The molecule has 30 heavy (non-hydrogen) atoms. The number of aromatic amines is 1. The van der Waals surface area contributed by atoms with E-state index in [0.29, 0.717) is 34.3 Å². The maximum atomic E-state index is 12.9. The summed E-state index contributed by atoms with van der Waals surface area (Å²) in [7, 11) is 0. The predicted molar refractivity (Wildman–Crippen MR) is 120 cm³/mol. The van der Waals surface area contributed by atoms with Crippen molar-refractivity contribution >= 4 is 29.0 Å². The lowest BCUT2D eigenvalue weighted by Gasteiger charge is -2.26. The number of carbonyl (C=O) groups is 1. The Kier molecular flexibility index (Phi) is 6.97. The van der Waals surface area contributed by atoms with Crippen molar-refractivity contribution in [1.29, 1.82) is 0 Å². The number of carbonyl (C=O) groups excluding carboxylic acids is 1. The standard InChI is InChI=1S/C22H30N4O3S/c27-20(23-9-5-12-25-10-2-1-3-11-25)16-7-8-18-19(14-16)24-22(30)26(21(18)28)15-17-6-4-13-29-17/h7-8,14,17H,1-6,9-13,15H2,(H,23,27)(H,24,30)/t17-/m0/s1. The molecule has 3 heterocycles. The minimum Gasteiger partial charge on any atom is -0.376 e. The number of aromatic nitrogens is 2. The van der Waals surface area contributed by atoms with Gasteiger partial charge < -0.3 is 19.9 Å². The maximum Gasteiger partial charge on any atom is 0.262 e. The smallest absolute Gasteiger partial charge is 0.262 e. The van der Waals surface area contributed by atoms with Gasteiger partial charge in [-0.3, -0.25) is 14.2 Å². The van der Waals surface area contributed by atoms with Crippen LogP contribution in [0.4, 0.5) is 0 Å². The minimum absolute atomic E-state index is 0.0326. The second-order valence-electron chi connectivity index (χ2n) is 8.25. The number of likely N-dealkylation sites (tertiary alicyclic amines) is 1. The molecule has 0 bridgehead atoms. The van der Waals surface area contributed by atoms with Gasteiger partial charge in [0, 0.05) is 18.7 Å². The predicted octanol–water partition coefficient (Wildman–Crippen LogP) is 2.84. The monoisotopic (exact) mass is 430 g/mol. The number of hydrogen-bond acceptors (Lipinski definition) is 5. The molecule has 2 N–H and O–H groups in total. The molecule has 2 aliphatic heterocycles. The number of ether oxygens (including phenoxy) is 1. The van der Waals surface area contributed by atoms with Crippen LogP contribution < -0.4 is 10.9 Å². The van der Waals surface area contributed by atoms with E-state index in [1.165, 1.54) is 32.4 Å². The molecule has 0 aliphatic carbocycles. The average Bonchev–Trinajstić information content (AvgIpc) is 3.28. The molecule has 1 atom stereocenters. The second-order valence-corrected chi connectivity index (χ2v) is 8.64. The molecule has 0 radical (unpaired) electrons. The zero-order chi connectivity index (χ0) is 20.9. The maximum absolute atomic E-state index is 12.9. The largest absolute Gasteiger partial charge is 0.376 e. The van der Waals surface area contributed by atoms with E-state index in [1.54, 1.807) is 22.8 Å². The summed E-state index contributed by atoms with van der Waals surface area (Å²) in [6, 6.07) is 5.12. The molecule has 0 saturated carbocycles. The lowest BCUT2D eigenvalue weighted by Crippen LogP contribution is -2.33. The van der Waals surface area contributed by atoms with E-state index >= 15 is 0 Å². The van der Waals surface area contributed by atoms with Gasteiger partial charge in [0.2, 0.25) is 0 Å². The van der Waals surface area contributed by atoms with Crippen molar-refractivity contribution in [2.75, 3.05) is 32.8 Å². The molecule has 7 nitrogen and oxygen atoms in total. The molecule has 8 heteroatoms. The highest BCUT2D eigenvalue weighted by molar-refractivity contribution is 7.71. The summed E-state index contributed by atoms with van der Waals surface area (Å²) in [4.78, 5) is 31.0. The van der Waals surface area contributed by atoms with Crippen LogP contribution in [0.3, 0.4) is 0 Å². The normalized spacial score (nSPS) is 19.9. The first-order valence-corrected chi connectivity index (χ1v) is 11.4. The van der Waals surface area contributed by atoms with Crippen LogP contribution in [0.2, 0.25) is 0 Å². The highest BCUT2D eigenvalue weighted by Crippen LogP contribution is 2.15. The molecule has 2 fully saturated rings. The highest BCUT2D eigenvalue weighted by Gasteiger charge is 2.18. The molecule has 2 saturated heterocycles. The number of benzene rings is 1. The molecule has 1 aromatic carbocycles. The van der Waals surface area contributed by atoms with Gasteiger partial charge >= 0.3 is 0 Å². The van der Waals surface area contributed by atoms with E-state index in [9.17, 15) is 9.59 Å². The summed E-state index contributed by atoms with van der Waals surface area (Å²) in [5.41, 5.74) is 0.981. The van der Waals surface area contributed by atoms with E-state index < -0.39 is 0 Å². The highest BCUT2D eigenvalue weighted by atomic mass is 32.1. The van der Waals surface area contributed by atoms with Gasteiger partial charge in [0.25, 0.3) is 11.5 Å².